The smallest absolute Gasteiger partial charge is 0.382 e. The number of ether oxygens (including phenoxy) is 2. The standard InChI is InChI=1S/C28H21N3O7/c29-15-20-22(36-14-13-32)12-11-19(24(20)26(33)31-30)27(34)38-28(35)25-23(18-9-5-2-6-10-18)21(16-37-25)17-7-3-1-4-8-17/h1-12,16,32H,13-14,30H2,(H,31,33). The fourth-order valence-electron chi connectivity index (χ4n) is 3.86. The Morgan fingerprint density at radius 2 is 1.61 bits per heavy atom. The maximum atomic E-state index is 13.2. The summed E-state index contributed by atoms with van der Waals surface area (Å²) in [6.07, 6.45) is 1.40. The van der Waals surface area contributed by atoms with E-state index >= 15 is 0 Å². The lowest BCUT2D eigenvalue weighted by Crippen LogP contribution is -2.32. The number of benzene rings is 3. The molecule has 4 rings (SSSR count). The molecule has 190 valence electrons. The summed E-state index contributed by atoms with van der Waals surface area (Å²) in [5.41, 5.74) is 3.15. The highest BCUT2D eigenvalue weighted by Crippen LogP contribution is 2.37. The highest BCUT2D eigenvalue weighted by molar-refractivity contribution is 6.12. The highest BCUT2D eigenvalue weighted by Gasteiger charge is 2.30. The lowest BCUT2D eigenvalue weighted by atomic mass is 9.97. The summed E-state index contributed by atoms with van der Waals surface area (Å²) in [5, 5.41) is 18.7. The number of nitrogens with zero attached hydrogens (tertiary/aromatic N) is 1. The molecule has 0 atom stereocenters. The van der Waals surface area contributed by atoms with Crippen LogP contribution in [0.3, 0.4) is 0 Å². The number of rotatable bonds is 8. The SMILES string of the molecule is N#Cc1c(OCCO)ccc(C(=O)OC(=O)c2occ(-c3ccccc3)c2-c2ccccc2)c1C(=O)NN. The Hall–Kier alpha value is -5.24. The molecule has 0 aliphatic carbocycles. The van der Waals surface area contributed by atoms with E-state index < -0.39 is 29.0 Å². The number of nitrogen functional groups attached to an aromatic ring is 1. The monoisotopic (exact) mass is 511 g/mol. The molecule has 10 heteroatoms. The second kappa shape index (κ2) is 11.7. The van der Waals surface area contributed by atoms with E-state index in [9.17, 15) is 19.6 Å². The summed E-state index contributed by atoms with van der Waals surface area (Å²) in [5.74, 6) is 1.67. The number of hydrazine groups is 1. The van der Waals surface area contributed by atoms with Crippen molar-refractivity contribution in [2.45, 2.75) is 0 Å². The molecule has 10 nitrogen and oxygen atoms in total. The van der Waals surface area contributed by atoms with Gasteiger partial charge in [-0.05, 0) is 23.3 Å². The number of aliphatic hydroxyl groups excluding tert-OH is 1. The minimum Gasteiger partial charge on any atom is -0.490 e. The molecule has 1 heterocycles. The van der Waals surface area contributed by atoms with E-state index in [0.29, 0.717) is 16.7 Å². The number of carbonyl (C=O) groups is 3. The van der Waals surface area contributed by atoms with E-state index in [1.165, 1.54) is 12.3 Å². The fourth-order valence-corrected chi connectivity index (χ4v) is 3.86. The summed E-state index contributed by atoms with van der Waals surface area (Å²) in [6.45, 7) is -0.509. The number of hydrogen-bond acceptors (Lipinski definition) is 9. The molecular formula is C28H21N3O7. The third kappa shape index (κ3) is 5.15. The third-order valence-electron chi connectivity index (χ3n) is 5.51. The zero-order valence-corrected chi connectivity index (χ0v) is 19.8. The summed E-state index contributed by atoms with van der Waals surface area (Å²) in [6, 6.07) is 22.4. The van der Waals surface area contributed by atoms with E-state index in [4.69, 9.17) is 24.8 Å². The van der Waals surface area contributed by atoms with Crippen LogP contribution in [0.15, 0.2) is 83.5 Å². The molecule has 1 amide bonds. The Morgan fingerprint density at radius 1 is 0.947 bits per heavy atom. The predicted molar refractivity (Wildman–Crippen MR) is 135 cm³/mol. The molecule has 38 heavy (non-hydrogen) atoms. The number of nitriles is 1. The van der Waals surface area contributed by atoms with Gasteiger partial charge in [-0.15, -0.1) is 0 Å². The lowest BCUT2D eigenvalue weighted by molar-refractivity contribution is 0.0374. The van der Waals surface area contributed by atoms with E-state index in [-0.39, 0.29) is 30.3 Å². The molecule has 0 aliphatic rings. The molecule has 1 aromatic heterocycles. The number of nitrogens with two attached hydrogens (primary N) is 1. The van der Waals surface area contributed by atoms with Gasteiger partial charge in [-0.3, -0.25) is 10.2 Å². The van der Waals surface area contributed by atoms with Crippen LogP contribution in [-0.2, 0) is 4.74 Å². The van der Waals surface area contributed by atoms with Gasteiger partial charge < -0.3 is 19.0 Å². The van der Waals surface area contributed by atoms with Gasteiger partial charge in [-0.25, -0.2) is 15.4 Å². The Bertz CT molecular complexity index is 1520. The number of furan rings is 1. The number of amides is 1. The molecule has 4 N–H and O–H groups in total. The maximum absolute atomic E-state index is 13.2. The van der Waals surface area contributed by atoms with Gasteiger partial charge in [0.1, 0.15) is 30.3 Å². The van der Waals surface area contributed by atoms with Crippen LogP contribution in [0.1, 0.15) is 36.8 Å². The van der Waals surface area contributed by atoms with E-state index in [0.717, 1.165) is 11.6 Å². The molecule has 4 aromatic rings. The Labute approximate surface area is 216 Å². The molecule has 0 radical (unpaired) electrons. The second-order valence-corrected chi connectivity index (χ2v) is 7.78. The fraction of sp³-hybridized carbons (Fsp3) is 0.0714. The van der Waals surface area contributed by atoms with Crippen LogP contribution in [0.25, 0.3) is 22.3 Å². The van der Waals surface area contributed by atoms with E-state index in [2.05, 4.69) is 0 Å². The summed E-state index contributed by atoms with van der Waals surface area (Å²) >= 11 is 0. The lowest BCUT2D eigenvalue weighted by Gasteiger charge is -2.13. The molecule has 0 saturated carbocycles. The van der Waals surface area contributed by atoms with Crippen LogP contribution in [-0.4, -0.2) is 36.2 Å². The van der Waals surface area contributed by atoms with Crippen LogP contribution in [0, 0.1) is 11.3 Å². The maximum Gasteiger partial charge on any atom is 0.382 e. The normalized spacial score (nSPS) is 10.3. The van der Waals surface area contributed by atoms with Crippen LogP contribution in [0.4, 0.5) is 0 Å². The van der Waals surface area contributed by atoms with Gasteiger partial charge in [-0.1, -0.05) is 60.7 Å². The van der Waals surface area contributed by atoms with Crippen LogP contribution < -0.4 is 16.0 Å². The summed E-state index contributed by atoms with van der Waals surface area (Å²) < 4.78 is 16.0. The predicted octanol–water partition coefficient (Wildman–Crippen LogP) is 3.46. The van der Waals surface area contributed by atoms with Crippen molar-refractivity contribution in [3.8, 4) is 34.1 Å². The van der Waals surface area contributed by atoms with Crippen molar-refractivity contribution in [1.82, 2.24) is 5.43 Å². The van der Waals surface area contributed by atoms with Crippen molar-refractivity contribution in [3.05, 3.63) is 102 Å². The Balaban J connectivity index is 1.74. The summed E-state index contributed by atoms with van der Waals surface area (Å²) in [4.78, 5) is 38.8. The van der Waals surface area contributed by atoms with E-state index in [1.54, 1.807) is 30.3 Å². The average molecular weight is 511 g/mol. The third-order valence-corrected chi connectivity index (χ3v) is 5.51. The molecular weight excluding hydrogens is 490 g/mol. The van der Waals surface area contributed by atoms with Crippen molar-refractivity contribution in [2.75, 3.05) is 13.2 Å². The van der Waals surface area contributed by atoms with Gasteiger partial charge in [0, 0.05) is 11.1 Å². The molecule has 0 saturated heterocycles. The van der Waals surface area contributed by atoms with Crippen LogP contribution in [0.2, 0.25) is 0 Å². The van der Waals surface area contributed by atoms with Crippen molar-refractivity contribution in [3.63, 3.8) is 0 Å². The van der Waals surface area contributed by atoms with Crippen molar-refractivity contribution in [2.24, 2.45) is 5.84 Å². The second-order valence-electron chi connectivity index (χ2n) is 7.78. The van der Waals surface area contributed by atoms with Gasteiger partial charge in [0.15, 0.2) is 0 Å². The van der Waals surface area contributed by atoms with Crippen molar-refractivity contribution >= 4 is 17.8 Å². The Morgan fingerprint density at radius 3 is 2.21 bits per heavy atom. The zero-order chi connectivity index (χ0) is 27.1. The quantitative estimate of drug-likeness (QED) is 0.106. The first-order valence-electron chi connectivity index (χ1n) is 11.3. The molecule has 0 unspecified atom stereocenters. The van der Waals surface area contributed by atoms with Crippen LogP contribution >= 0.6 is 0 Å². The Kier molecular flexibility index (Phi) is 7.93. The number of esters is 2. The van der Waals surface area contributed by atoms with Crippen molar-refractivity contribution in [1.29, 1.82) is 5.26 Å². The number of aliphatic hydroxyl groups is 1. The topological polar surface area (TPSA) is 165 Å². The van der Waals surface area contributed by atoms with Gasteiger partial charge in [0.2, 0.25) is 5.76 Å². The minimum absolute atomic E-state index is 0.0621. The first-order valence-corrected chi connectivity index (χ1v) is 11.3. The number of nitrogens with one attached hydrogen (secondary N) is 1. The van der Waals surface area contributed by atoms with Crippen LogP contribution in [0.5, 0.6) is 5.75 Å². The number of hydrogen-bond donors (Lipinski definition) is 3. The summed E-state index contributed by atoms with van der Waals surface area (Å²) in [7, 11) is 0. The van der Waals surface area contributed by atoms with Crippen molar-refractivity contribution < 1.29 is 33.4 Å². The largest absolute Gasteiger partial charge is 0.490 e. The number of carbonyl (C=O) groups excluding carboxylic acids is 3. The van der Waals surface area contributed by atoms with Gasteiger partial charge >= 0.3 is 11.9 Å². The molecule has 3 aromatic carbocycles. The zero-order valence-electron chi connectivity index (χ0n) is 19.8. The minimum atomic E-state index is -1.21. The molecule has 0 spiro atoms. The van der Waals surface area contributed by atoms with Gasteiger partial charge in [-0.2, -0.15) is 5.26 Å². The molecule has 0 aliphatic heterocycles. The first kappa shape index (κ1) is 25.8. The molecule has 0 bridgehead atoms. The van der Waals surface area contributed by atoms with Gasteiger partial charge in [0.25, 0.3) is 5.91 Å². The average Bonchev–Trinajstić information content (AvgIpc) is 3.41. The first-order chi connectivity index (χ1) is 18.5. The molecule has 0 fully saturated rings. The van der Waals surface area contributed by atoms with Gasteiger partial charge in [0.05, 0.1) is 17.7 Å². The van der Waals surface area contributed by atoms with E-state index in [1.807, 2.05) is 41.8 Å². The highest BCUT2D eigenvalue weighted by atomic mass is 16.6.